The van der Waals surface area contributed by atoms with Gasteiger partial charge < -0.3 is 10.1 Å². The Kier molecular flexibility index (Phi) is 4.49. The van der Waals surface area contributed by atoms with Gasteiger partial charge in [-0.3, -0.25) is 4.90 Å². The summed E-state index contributed by atoms with van der Waals surface area (Å²) in [7, 11) is 2.10. The molecule has 1 atom stereocenters. The number of ether oxygens (including phenoxy) is 1. The minimum Gasteiger partial charge on any atom is -0.486 e. The lowest BCUT2D eigenvalue weighted by molar-refractivity contribution is 0.0389. The van der Waals surface area contributed by atoms with Crippen LogP contribution in [0.1, 0.15) is 24.8 Å². The molecule has 1 unspecified atom stereocenters. The molecular weight excluding hydrogens is 272 g/mol. The van der Waals surface area contributed by atoms with Gasteiger partial charge in [0.25, 0.3) is 0 Å². The zero-order chi connectivity index (χ0) is 13.9. The van der Waals surface area contributed by atoms with Gasteiger partial charge in [0.1, 0.15) is 11.9 Å². The molecule has 110 valence electrons. The van der Waals surface area contributed by atoms with Crippen LogP contribution < -0.4 is 10.1 Å². The van der Waals surface area contributed by atoms with Crippen LogP contribution in [-0.4, -0.2) is 43.7 Å². The number of likely N-dealkylation sites (N-methyl/N-ethyl adjacent to an activating group) is 1. The lowest BCUT2D eigenvalue weighted by Gasteiger charge is -2.36. The summed E-state index contributed by atoms with van der Waals surface area (Å²) in [6, 6.07) is 6.85. The van der Waals surface area contributed by atoms with E-state index in [-0.39, 0.29) is 0 Å². The average Bonchev–Trinajstić information content (AvgIpc) is 2.41. The second-order valence-corrected chi connectivity index (χ2v) is 6.48. The van der Waals surface area contributed by atoms with Gasteiger partial charge in [0.2, 0.25) is 0 Å². The number of nitrogens with one attached hydrogen (secondary N) is 1. The second kappa shape index (κ2) is 6.33. The highest BCUT2D eigenvalue weighted by Crippen LogP contribution is 2.28. The van der Waals surface area contributed by atoms with Gasteiger partial charge in [-0.15, -0.1) is 0 Å². The molecule has 2 fully saturated rings. The predicted molar refractivity (Wildman–Crippen MR) is 82.7 cm³/mol. The third-order valence-electron chi connectivity index (χ3n) is 4.22. The summed E-state index contributed by atoms with van der Waals surface area (Å²) in [5, 5.41) is 4.32. The van der Waals surface area contributed by atoms with Crippen molar-refractivity contribution >= 4 is 11.6 Å². The molecule has 0 spiro atoms. The molecule has 3 rings (SSSR count). The van der Waals surface area contributed by atoms with E-state index in [1.165, 1.54) is 24.8 Å². The predicted octanol–water partition coefficient (Wildman–Crippen LogP) is 2.72. The monoisotopic (exact) mass is 294 g/mol. The van der Waals surface area contributed by atoms with Crippen LogP contribution in [0.4, 0.5) is 0 Å². The topological polar surface area (TPSA) is 24.5 Å². The molecule has 0 amide bonds. The molecule has 4 heteroatoms. The first kappa shape index (κ1) is 14.2. The Morgan fingerprint density at radius 2 is 2.20 bits per heavy atom. The van der Waals surface area contributed by atoms with Gasteiger partial charge in [-0.05, 0) is 50.6 Å². The number of rotatable bonds is 4. The molecule has 0 saturated carbocycles. The number of likely N-dealkylation sites (tertiary alicyclic amines) is 1. The minimum atomic E-state index is 0.295. The molecule has 2 aliphatic heterocycles. The van der Waals surface area contributed by atoms with Crippen LogP contribution in [0, 0.1) is 0 Å². The maximum Gasteiger partial charge on any atom is 0.138 e. The molecule has 0 bridgehead atoms. The van der Waals surface area contributed by atoms with E-state index in [9.17, 15) is 0 Å². The lowest BCUT2D eigenvalue weighted by atomic mass is 9.98. The summed E-state index contributed by atoms with van der Waals surface area (Å²) >= 11 is 6.35. The van der Waals surface area contributed by atoms with Crippen LogP contribution >= 0.6 is 11.6 Å². The second-order valence-electron chi connectivity index (χ2n) is 6.08. The van der Waals surface area contributed by atoms with Gasteiger partial charge in [-0.2, -0.15) is 0 Å². The van der Waals surface area contributed by atoms with E-state index < -0.39 is 0 Å². The summed E-state index contributed by atoms with van der Waals surface area (Å²) in [6.07, 6.45) is 5.27. The SMILES string of the molecule is CN1CC(Oc2ccc(CC3CCCCN3)cc2Cl)C1. The van der Waals surface area contributed by atoms with Crippen molar-refractivity contribution in [2.45, 2.75) is 37.8 Å². The van der Waals surface area contributed by atoms with Crippen molar-refractivity contribution in [1.82, 2.24) is 10.2 Å². The number of hydrogen-bond acceptors (Lipinski definition) is 3. The van der Waals surface area contributed by atoms with Gasteiger partial charge in [-0.1, -0.05) is 24.1 Å². The summed E-state index contributed by atoms with van der Waals surface area (Å²) in [4.78, 5) is 2.24. The van der Waals surface area contributed by atoms with Gasteiger partial charge in [0.05, 0.1) is 5.02 Å². The summed E-state index contributed by atoms with van der Waals surface area (Å²) < 4.78 is 5.91. The van der Waals surface area contributed by atoms with Crippen LogP contribution in [-0.2, 0) is 6.42 Å². The van der Waals surface area contributed by atoms with Crippen molar-refractivity contribution in [3.63, 3.8) is 0 Å². The van der Waals surface area contributed by atoms with E-state index in [4.69, 9.17) is 16.3 Å². The lowest BCUT2D eigenvalue weighted by Crippen LogP contribution is -2.51. The molecule has 0 radical (unpaired) electrons. The highest BCUT2D eigenvalue weighted by atomic mass is 35.5. The first-order chi connectivity index (χ1) is 9.70. The number of benzene rings is 1. The maximum atomic E-state index is 6.35. The fourth-order valence-electron chi connectivity index (χ4n) is 3.05. The Labute approximate surface area is 126 Å². The zero-order valence-electron chi connectivity index (χ0n) is 12.1. The quantitative estimate of drug-likeness (QED) is 0.924. The Morgan fingerprint density at radius 1 is 1.35 bits per heavy atom. The molecule has 20 heavy (non-hydrogen) atoms. The summed E-state index contributed by atoms with van der Waals surface area (Å²) in [5.74, 6) is 0.824. The van der Waals surface area contributed by atoms with Crippen LogP contribution in [0.15, 0.2) is 18.2 Å². The van der Waals surface area contributed by atoms with E-state index in [0.717, 1.165) is 36.8 Å². The van der Waals surface area contributed by atoms with Crippen molar-refractivity contribution in [3.05, 3.63) is 28.8 Å². The van der Waals surface area contributed by atoms with E-state index in [0.29, 0.717) is 12.1 Å². The van der Waals surface area contributed by atoms with E-state index >= 15 is 0 Å². The first-order valence-electron chi connectivity index (χ1n) is 7.58. The van der Waals surface area contributed by atoms with Crippen LogP contribution in [0.5, 0.6) is 5.75 Å². The molecule has 1 N–H and O–H groups in total. The van der Waals surface area contributed by atoms with Gasteiger partial charge in [0, 0.05) is 19.1 Å². The van der Waals surface area contributed by atoms with E-state index in [1.54, 1.807) is 0 Å². The molecule has 1 aromatic carbocycles. The van der Waals surface area contributed by atoms with Crippen molar-refractivity contribution in [3.8, 4) is 5.75 Å². The molecule has 2 heterocycles. The van der Waals surface area contributed by atoms with Crippen LogP contribution in [0.25, 0.3) is 0 Å². The van der Waals surface area contributed by atoms with E-state index in [1.807, 2.05) is 6.07 Å². The van der Waals surface area contributed by atoms with Crippen molar-refractivity contribution in [2.75, 3.05) is 26.7 Å². The van der Waals surface area contributed by atoms with Crippen LogP contribution in [0.2, 0.25) is 5.02 Å². The number of piperidine rings is 1. The third-order valence-corrected chi connectivity index (χ3v) is 4.51. The Morgan fingerprint density at radius 3 is 2.85 bits per heavy atom. The van der Waals surface area contributed by atoms with Gasteiger partial charge in [-0.25, -0.2) is 0 Å². The standard InChI is InChI=1S/C16H23ClN2O/c1-19-10-14(11-19)20-16-6-5-12(9-15(16)17)8-13-4-2-3-7-18-13/h5-6,9,13-14,18H,2-4,7-8,10-11H2,1H3. The molecule has 3 nitrogen and oxygen atoms in total. The molecule has 1 aromatic rings. The van der Waals surface area contributed by atoms with Crippen molar-refractivity contribution < 1.29 is 4.74 Å². The van der Waals surface area contributed by atoms with Crippen molar-refractivity contribution in [2.24, 2.45) is 0 Å². The zero-order valence-corrected chi connectivity index (χ0v) is 12.8. The number of halogens is 1. The highest BCUT2D eigenvalue weighted by Gasteiger charge is 2.25. The Hall–Kier alpha value is -0.770. The fraction of sp³-hybridized carbons (Fsp3) is 0.625. The summed E-state index contributed by atoms with van der Waals surface area (Å²) in [5.41, 5.74) is 1.30. The largest absolute Gasteiger partial charge is 0.486 e. The Balaban J connectivity index is 1.58. The highest BCUT2D eigenvalue weighted by molar-refractivity contribution is 6.32. The molecule has 2 aliphatic rings. The molecule has 0 aromatic heterocycles. The molecular formula is C16H23ClN2O. The van der Waals surface area contributed by atoms with E-state index in [2.05, 4.69) is 29.4 Å². The van der Waals surface area contributed by atoms with Crippen LogP contribution in [0.3, 0.4) is 0 Å². The number of nitrogens with zero attached hydrogens (tertiary/aromatic N) is 1. The maximum absolute atomic E-state index is 6.35. The average molecular weight is 295 g/mol. The third kappa shape index (κ3) is 3.46. The number of hydrogen-bond donors (Lipinski definition) is 1. The normalized spacial score (nSPS) is 24.4. The summed E-state index contributed by atoms with van der Waals surface area (Å²) in [6.45, 7) is 3.13. The molecule has 0 aliphatic carbocycles. The molecule has 2 saturated heterocycles. The minimum absolute atomic E-state index is 0.295. The van der Waals surface area contributed by atoms with Gasteiger partial charge in [0.15, 0.2) is 0 Å². The smallest absolute Gasteiger partial charge is 0.138 e. The van der Waals surface area contributed by atoms with Gasteiger partial charge >= 0.3 is 0 Å². The fourth-order valence-corrected chi connectivity index (χ4v) is 3.29. The Bertz CT molecular complexity index is 454. The first-order valence-corrected chi connectivity index (χ1v) is 7.95. The van der Waals surface area contributed by atoms with Crippen molar-refractivity contribution in [1.29, 1.82) is 0 Å².